The SMILES string of the molecule is CC(C)[C@H](NC(=O)CCCCCN1C(=O)C=CC1=O)C(=O)C[C@@H](CCCNC(N)=O)C(=O)Nc1ccc(C[n+]2ccc(NC(=O)C(=O)c3cn(Cc4ccc(Cl)cc4)c4ccccc34)cc2)cc1. The van der Waals surface area contributed by atoms with Gasteiger partial charge in [0.05, 0.1) is 17.3 Å². The maximum Gasteiger partial charge on any atom is 0.312 e. The number of ketones is 2. The van der Waals surface area contributed by atoms with Crippen molar-refractivity contribution in [3.63, 3.8) is 0 Å². The normalized spacial score (nSPS) is 13.1. The number of carbonyl (C=O) groups is 8. The molecule has 2 aromatic heterocycles. The zero-order chi connectivity index (χ0) is 48.7. The number of carbonyl (C=O) groups excluding carboxylic acids is 8. The van der Waals surface area contributed by atoms with Gasteiger partial charge in [0.15, 0.2) is 24.7 Å². The van der Waals surface area contributed by atoms with E-state index >= 15 is 0 Å². The van der Waals surface area contributed by atoms with Crippen LogP contribution in [0.2, 0.25) is 5.02 Å². The minimum Gasteiger partial charge on any atom is -0.352 e. The lowest BCUT2D eigenvalue weighted by molar-refractivity contribution is -0.688. The fourth-order valence-corrected chi connectivity index (χ4v) is 8.08. The van der Waals surface area contributed by atoms with Gasteiger partial charge in [-0.15, -0.1) is 0 Å². The molecule has 354 valence electrons. The number of nitrogens with one attached hydrogen (secondary N) is 4. The number of pyridine rings is 1. The predicted octanol–water partition coefficient (Wildman–Crippen LogP) is 6.09. The average Bonchev–Trinajstić information content (AvgIpc) is 3.85. The number of para-hydroxylation sites is 1. The van der Waals surface area contributed by atoms with Crippen molar-refractivity contribution in [2.75, 3.05) is 23.7 Å². The van der Waals surface area contributed by atoms with Crippen LogP contribution in [0.15, 0.2) is 116 Å². The van der Waals surface area contributed by atoms with E-state index < -0.39 is 35.6 Å². The van der Waals surface area contributed by atoms with E-state index in [4.69, 9.17) is 17.3 Å². The average molecular weight is 945 g/mol. The van der Waals surface area contributed by atoms with Crippen molar-refractivity contribution in [3.05, 3.63) is 137 Å². The van der Waals surface area contributed by atoms with Gasteiger partial charge in [-0.3, -0.25) is 38.5 Å². The summed E-state index contributed by atoms with van der Waals surface area (Å²) in [7, 11) is 0. The smallest absolute Gasteiger partial charge is 0.312 e. The first-order valence-corrected chi connectivity index (χ1v) is 23.0. The molecule has 16 nitrogen and oxygen atoms in total. The van der Waals surface area contributed by atoms with Crippen LogP contribution < -0.4 is 31.6 Å². The highest BCUT2D eigenvalue weighted by Gasteiger charge is 2.30. The van der Waals surface area contributed by atoms with Crippen molar-refractivity contribution >= 4 is 81.0 Å². The maximum absolute atomic E-state index is 13.7. The summed E-state index contributed by atoms with van der Waals surface area (Å²) in [4.78, 5) is 103. The van der Waals surface area contributed by atoms with Gasteiger partial charge >= 0.3 is 6.03 Å². The standard InChI is InChI=1S/C51H55ClN8O8/c1-33(2)47(57-44(62)12-4-3-7-26-60-45(63)21-22-46(60)64)43(61)29-36(9-8-25-54-51(53)68)49(66)55-38-19-15-34(16-20-38)30-58-27-23-39(24-28-58)56-50(67)48(65)41-32-59(42-11-6-5-10-40(41)42)31-35-13-17-37(52)18-14-35/h5-6,10-11,13-24,27-28,32-33,36,47H,3-4,7-9,12,25-26,29-31H2,1-2H3,(H5,53,54,55,57,62,66,68)/p+1/t36-,47+/m1/s1. The number of imide groups is 1. The number of nitrogens with two attached hydrogens (primary N) is 1. The zero-order valence-corrected chi connectivity index (χ0v) is 38.8. The van der Waals surface area contributed by atoms with E-state index in [0.29, 0.717) is 66.1 Å². The van der Waals surface area contributed by atoms with Gasteiger partial charge in [-0.25, -0.2) is 9.36 Å². The van der Waals surface area contributed by atoms with E-state index in [0.717, 1.165) is 21.5 Å². The topological polar surface area (TPSA) is 223 Å². The number of hydrogen-bond donors (Lipinski definition) is 5. The molecule has 1 aliphatic rings. The molecule has 6 N–H and O–H groups in total. The summed E-state index contributed by atoms with van der Waals surface area (Å²) in [6.45, 7) is 5.07. The predicted molar refractivity (Wildman–Crippen MR) is 257 cm³/mol. The van der Waals surface area contributed by atoms with Crippen molar-refractivity contribution in [3.8, 4) is 0 Å². The van der Waals surface area contributed by atoms with Crippen molar-refractivity contribution < 1.29 is 42.9 Å². The third-order valence-electron chi connectivity index (χ3n) is 11.6. The van der Waals surface area contributed by atoms with Crippen LogP contribution in [0.5, 0.6) is 0 Å². The van der Waals surface area contributed by atoms with Crippen LogP contribution in [-0.2, 0) is 41.9 Å². The van der Waals surface area contributed by atoms with Crippen molar-refractivity contribution in [1.29, 1.82) is 0 Å². The van der Waals surface area contributed by atoms with Crippen LogP contribution in [0.4, 0.5) is 16.2 Å². The van der Waals surface area contributed by atoms with Crippen molar-refractivity contribution in [2.45, 2.75) is 77.9 Å². The zero-order valence-electron chi connectivity index (χ0n) is 38.0. The molecule has 0 aliphatic carbocycles. The molecule has 17 heteroatoms. The van der Waals surface area contributed by atoms with Crippen LogP contribution in [0.3, 0.4) is 0 Å². The second-order valence-electron chi connectivity index (χ2n) is 17.1. The fourth-order valence-electron chi connectivity index (χ4n) is 7.95. The van der Waals surface area contributed by atoms with E-state index in [9.17, 15) is 38.4 Å². The molecule has 0 saturated heterocycles. The van der Waals surface area contributed by atoms with Crippen LogP contribution in [0.25, 0.3) is 10.9 Å². The van der Waals surface area contributed by atoms with Crippen molar-refractivity contribution in [2.24, 2.45) is 17.6 Å². The minimum atomic E-state index is -0.830. The number of urea groups is 1. The Morgan fingerprint density at radius 1 is 0.765 bits per heavy atom. The van der Waals surface area contributed by atoms with Crippen molar-refractivity contribution in [1.82, 2.24) is 20.1 Å². The lowest BCUT2D eigenvalue weighted by Gasteiger charge is -2.24. The Labute approximate surface area is 399 Å². The summed E-state index contributed by atoms with van der Waals surface area (Å²) in [6, 6.07) is 24.0. The number of primary amides is 1. The highest BCUT2D eigenvalue weighted by Crippen LogP contribution is 2.25. The highest BCUT2D eigenvalue weighted by molar-refractivity contribution is 6.48. The van der Waals surface area contributed by atoms with E-state index in [-0.39, 0.29) is 61.8 Å². The Hall–Kier alpha value is -7.46. The number of hydrogen-bond acceptors (Lipinski definition) is 8. The van der Waals surface area contributed by atoms with Crippen LogP contribution in [0.1, 0.15) is 80.3 Å². The number of aromatic nitrogens is 2. The van der Waals surface area contributed by atoms with Crippen LogP contribution in [0, 0.1) is 11.8 Å². The first-order chi connectivity index (χ1) is 32.6. The van der Waals surface area contributed by atoms with E-state index in [1.54, 1.807) is 42.9 Å². The molecule has 1 aliphatic heterocycles. The Morgan fingerprint density at radius 3 is 2.10 bits per heavy atom. The van der Waals surface area contributed by atoms with E-state index in [1.165, 1.54) is 12.2 Å². The molecular weight excluding hydrogens is 888 g/mol. The van der Waals surface area contributed by atoms with Gasteiger partial charge in [0, 0.05) is 96.1 Å². The quantitative estimate of drug-likeness (QED) is 0.0160. The molecule has 2 atom stereocenters. The number of anilines is 2. The van der Waals surface area contributed by atoms with Gasteiger partial charge < -0.3 is 31.6 Å². The van der Waals surface area contributed by atoms with Gasteiger partial charge in [0.25, 0.3) is 23.5 Å². The molecular formula is C51H56ClN8O8+. The summed E-state index contributed by atoms with van der Waals surface area (Å²) in [5.41, 5.74) is 9.20. The number of fused-ring (bicyclic) bond motifs is 1. The first kappa shape index (κ1) is 50.0. The van der Waals surface area contributed by atoms with Gasteiger partial charge in [0.1, 0.15) is 0 Å². The van der Waals surface area contributed by atoms with E-state index in [2.05, 4.69) is 21.3 Å². The molecule has 3 heterocycles. The summed E-state index contributed by atoms with van der Waals surface area (Å²) >= 11 is 6.06. The summed E-state index contributed by atoms with van der Waals surface area (Å²) in [5.74, 6) is -4.14. The molecule has 0 saturated carbocycles. The summed E-state index contributed by atoms with van der Waals surface area (Å²) in [6.07, 6.45) is 10.0. The summed E-state index contributed by atoms with van der Waals surface area (Å²) in [5, 5.41) is 12.3. The molecule has 0 fully saturated rings. The van der Waals surface area contributed by atoms with Crippen LogP contribution >= 0.6 is 11.6 Å². The third kappa shape index (κ3) is 14.0. The Balaban J connectivity index is 1.00. The number of Topliss-reactive ketones (excluding diaryl/α,β-unsaturated/α-hetero) is 2. The Morgan fingerprint density at radius 2 is 1.43 bits per heavy atom. The third-order valence-corrected chi connectivity index (χ3v) is 11.9. The molecule has 7 amide bonds. The molecule has 3 aromatic carbocycles. The summed E-state index contributed by atoms with van der Waals surface area (Å²) < 4.78 is 3.83. The second kappa shape index (κ2) is 23.8. The fraction of sp³-hybridized carbons (Fsp3) is 0.314. The molecule has 0 spiro atoms. The number of halogens is 1. The molecule has 0 radical (unpaired) electrons. The lowest BCUT2D eigenvalue weighted by atomic mass is 9.89. The highest BCUT2D eigenvalue weighted by atomic mass is 35.5. The number of unbranched alkanes of at least 4 members (excludes halogenated alkanes) is 2. The van der Waals surface area contributed by atoms with Gasteiger partial charge in [-0.05, 0) is 67.5 Å². The molecule has 5 aromatic rings. The first-order valence-electron chi connectivity index (χ1n) is 22.6. The monoisotopic (exact) mass is 943 g/mol. The second-order valence-corrected chi connectivity index (χ2v) is 17.5. The van der Waals surface area contributed by atoms with Crippen LogP contribution in [-0.4, -0.2) is 75.7 Å². The molecule has 68 heavy (non-hydrogen) atoms. The number of rotatable bonds is 24. The molecule has 6 rings (SSSR count). The van der Waals surface area contributed by atoms with E-state index in [1.807, 2.05) is 83.6 Å². The Kier molecular flexibility index (Phi) is 17.5. The molecule has 0 unspecified atom stereocenters. The number of benzene rings is 3. The van der Waals surface area contributed by atoms with Gasteiger partial charge in [-0.2, -0.15) is 0 Å². The van der Waals surface area contributed by atoms with Gasteiger partial charge in [-0.1, -0.05) is 74.3 Å². The Bertz CT molecular complexity index is 2660. The number of amides is 7. The number of nitrogens with zero attached hydrogens (tertiary/aromatic N) is 3. The lowest BCUT2D eigenvalue weighted by Crippen LogP contribution is -2.45. The maximum atomic E-state index is 13.7. The molecule has 0 bridgehead atoms. The largest absolute Gasteiger partial charge is 0.352 e. The minimum absolute atomic E-state index is 0.146. The van der Waals surface area contributed by atoms with Gasteiger partial charge in [0.2, 0.25) is 11.8 Å².